The van der Waals surface area contributed by atoms with Gasteiger partial charge < -0.3 is 19.5 Å². The lowest BCUT2D eigenvalue weighted by Gasteiger charge is -2.50. The Hall–Kier alpha value is -3.19. The average Bonchev–Trinajstić information content (AvgIpc) is 3.49. The molecule has 13 heteroatoms. The van der Waals surface area contributed by atoms with Gasteiger partial charge in [-0.2, -0.15) is 5.10 Å². The summed E-state index contributed by atoms with van der Waals surface area (Å²) >= 11 is 0. The Bertz CT molecular complexity index is 1200. The fourth-order valence-electron chi connectivity index (χ4n) is 4.92. The van der Waals surface area contributed by atoms with Gasteiger partial charge in [-0.1, -0.05) is 20.8 Å². The second-order valence-electron chi connectivity index (χ2n) is 11.7. The highest BCUT2D eigenvalue weighted by Gasteiger charge is 2.60. The molecule has 0 bridgehead atoms. The molecule has 12 nitrogen and oxygen atoms in total. The largest absolute Gasteiger partial charge is 0.412 e. The van der Waals surface area contributed by atoms with Gasteiger partial charge >= 0.3 is 0 Å². The Kier molecular flexibility index (Phi) is 7.45. The molecular formula is C25H38N8O4Si. The lowest BCUT2D eigenvalue weighted by atomic mass is 9.85. The van der Waals surface area contributed by atoms with E-state index in [0.717, 1.165) is 0 Å². The number of nitrogens with one attached hydrogen (secondary N) is 1. The Morgan fingerprint density at radius 1 is 1.21 bits per heavy atom. The van der Waals surface area contributed by atoms with Gasteiger partial charge in [-0.05, 0) is 44.0 Å². The van der Waals surface area contributed by atoms with Gasteiger partial charge in [0.2, 0.25) is 11.7 Å². The summed E-state index contributed by atoms with van der Waals surface area (Å²) < 4.78 is 7.96. The quantitative estimate of drug-likeness (QED) is 0.393. The molecule has 2 aliphatic rings. The van der Waals surface area contributed by atoms with Crippen molar-refractivity contribution in [3.63, 3.8) is 0 Å². The fraction of sp³-hybridized carbons (Fsp3) is 0.640. The molecule has 0 aromatic carbocycles. The van der Waals surface area contributed by atoms with Crippen LogP contribution in [0.2, 0.25) is 18.1 Å². The van der Waals surface area contributed by atoms with Crippen LogP contribution in [0.1, 0.15) is 63.0 Å². The van der Waals surface area contributed by atoms with Crippen molar-refractivity contribution >= 4 is 26.0 Å². The smallest absolute Gasteiger partial charge is 0.292 e. The van der Waals surface area contributed by atoms with E-state index in [2.05, 4.69) is 59.2 Å². The highest BCUT2D eigenvalue weighted by atomic mass is 28.4. The van der Waals surface area contributed by atoms with E-state index >= 15 is 0 Å². The number of carbonyl (C=O) groups is 3. The van der Waals surface area contributed by atoms with Crippen LogP contribution in [-0.2, 0) is 21.1 Å². The van der Waals surface area contributed by atoms with Crippen molar-refractivity contribution in [3.05, 3.63) is 36.4 Å². The van der Waals surface area contributed by atoms with Gasteiger partial charge in [-0.3, -0.25) is 14.4 Å². The van der Waals surface area contributed by atoms with Crippen LogP contribution < -0.4 is 5.32 Å². The number of likely N-dealkylation sites (tertiary alicyclic amines) is 2. The lowest BCUT2D eigenvalue weighted by molar-refractivity contribution is -0.161. The third kappa shape index (κ3) is 5.08. The van der Waals surface area contributed by atoms with Crippen LogP contribution in [0.5, 0.6) is 0 Å². The second kappa shape index (κ2) is 10.2. The van der Waals surface area contributed by atoms with Crippen molar-refractivity contribution in [1.29, 1.82) is 0 Å². The number of hydrogen-bond donors (Lipinski definition) is 1. The van der Waals surface area contributed by atoms with Crippen LogP contribution >= 0.6 is 0 Å². The zero-order valence-electron chi connectivity index (χ0n) is 23.3. The molecule has 206 valence electrons. The SMILES string of the molecule is CC(O[Si](C)(C)C(C)(C)C)C(NC(=O)CN1CC2(CCCN2C(=O)c2ncnn2C)C1=O)c1ncccn1. The van der Waals surface area contributed by atoms with Gasteiger partial charge in [-0.25, -0.2) is 19.6 Å². The molecule has 2 aromatic rings. The number of aryl methyl sites for hydroxylation is 1. The van der Waals surface area contributed by atoms with E-state index in [9.17, 15) is 14.4 Å². The minimum absolute atomic E-state index is 0.0126. The van der Waals surface area contributed by atoms with Gasteiger partial charge in [0.15, 0.2) is 14.1 Å². The third-order valence-electron chi connectivity index (χ3n) is 8.05. The van der Waals surface area contributed by atoms with Crippen LogP contribution in [0.3, 0.4) is 0 Å². The molecule has 3 atom stereocenters. The summed E-state index contributed by atoms with van der Waals surface area (Å²) in [4.78, 5) is 55.5. The molecule has 4 rings (SSSR count). The van der Waals surface area contributed by atoms with Crippen LogP contribution in [0.25, 0.3) is 0 Å². The maximum Gasteiger partial charge on any atom is 0.292 e. The number of β-lactam (4-membered cyclic amide) rings is 1. The van der Waals surface area contributed by atoms with Gasteiger partial charge in [0.1, 0.15) is 17.9 Å². The molecule has 1 N–H and O–H groups in total. The summed E-state index contributed by atoms with van der Waals surface area (Å²) in [6.45, 7) is 13.3. The normalized spacial score (nSPS) is 21.4. The van der Waals surface area contributed by atoms with E-state index in [1.54, 1.807) is 30.4 Å². The average molecular weight is 543 g/mol. The monoisotopic (exact) mass is 542 g/mol. The number of carbonyl (C=O) groups excluding carboxylic acids is 3. The molecule has 3 amide bonds. The maximum absolute atomic E-state index is 13.3. The number of amides is 3. The Morgan fingerprint density at radius 2 is 1.89 bits per heavy atom. The maximum atomic E-state index is 13.3. The number of aromatic nitrogens is 5. The summed E-state index contributed by atoms with van der Waals surface area (Å²) in [5.41, 5.74) is -0.927. The highest BCUT2D eigenvalue weighted by molar-refractivity contribution is 6.74. The molecule has 2 fully saturated rings. The molecule has 4 heterocycles. The van der Waals surface area contributed by atoms with Crippen molar-refractivity contribution < 1.29 is 18.8 Å². The molecular weight excluding hydrogens is 504 g/mol. The molecule has 0 radical (unpaired) electrons. The molecule has 38 heavy (non-hydrogen) atoms. The Morgan fingerprint density at radius 3 is 2.47 bits per heavy atom. The van der Waals surface area contributed by atoms with Crippen molar-refractivity contribution in [1.82, 2.24) is 39.8 Å². The fourth-order valence-corrected chi connectivity index (χ4v) is 6.34. The first kappa shape index (κ1) is 27.8. The molecule has 0 saturated carbocycles. The lowest BCUT2D eigenvalue weighted by Crippen LogP contribution is -2.73. The molecule has 2 aliphatic heterocycles. The summed E-state index contributed by atoms with van der Waals surface area (Å²) in [6.07, 6.45) is 5.47. The van der Waals surface area contributed by atoms with Gasteiger partial charge in [-0.15, -0.1) is 0 Å². The van der Waals surface area contributed by atoms with Gasteiger partial charge in [0, 0.05) is 26.0 Å². The first-order valence-corrected chi connectivity index (χ1v) is 15.9. The van der Waals surface area contributed by atoms with Crippen LogP contribution in [0, 0.1) is 0 Å². The van der Waals surface area contributed by atoms with Gasteiger partial charge in [0.05, 0.1) is 19.2 Å². The third-order valence-corrected chi connectivity index (χ3v) is 12.6. The molecule has 0 aliphatic carbocycles. The summed E-state index contributed by atoms with van der Waals surface area (Å²) in [6, 6.07) is 1.14. The predicted molar refractivity (Wildman–Crippen MR) is 141 cm³/mol. The van der Waals surface area contributed by atoms with Crippen molar-refractivity contribution in [2.24, 2.45) is 7.05 Å². The topological polar surface area (TPSA) is 135 Å². The predicted octanol–water partition coefficient (Wildman–Crippen LogP) is 1.69. The molecule has 2 saturated heterocycles. The van der Waals surface area contributed by atoms with E-state index in [-0.39, 0.29) is 41.2 Å². The van der Waals surface area contributed by atoms with E-state index in [4.69, 9.17) is 4.43 Å². The van der Waals surface area contributed by atoms with E-state index in [1.165, 1.54) is 15.9 Å². The van der Waals surface area contributed by atoms with Crippen molar-refractivity contribution in [2.75, 3.05) is 19.6 Å². The minimum Gasteiger partial charge on any atom is -0.412 e. The van der Waals surface area contributed by atoms with Gasteiger partial charge in [0.25, 0.3) is 11.8 Å². The highest BCUT2D eigenvalue weighted by Crippen LogP contribution is 2.40. The number of hydrogen-bond acceptors (Lipinski definition) is 8. The van der Waals surface area contributed by atoms with Crippen molar-refractivity contribution in [3.8, 4) is 0 Å². The first-order chi connectivity index (χ1) is 17.8. The van der Waals surface area contributed by atoms with E-state index < -0.39 is 19.9 Å². The zero-order chi connectivity index (χ0) is 27.9. The number of rotatable bonds is 8. The number of nitrogens with zero attached hydrogens (tertiary/aromatic N) is 7. The Labute approximate surface area is 224 Å². The van der Waals surface area contributed by atoms with Crippen LogP contribution in [0.4, 0.5) is 0 Å². The summed E-state index contributed by atoms with van der Waals surface area (Å²) in [5.74, 6) is -0.233. The van der Waals surface area contributed by atoms with Crippen LogP contribution in [0.15, 0.2) is 24.8 Å². The molecule has 1 spiro atoms. The van der Waals surface area contributed by atoms with Crippen LogP contribution in [-0.4, -0.2) is 91.8 Å². The van der Waals surface area contributed by atoms with Crippen molar-refractivity contribution in [2.45, 2.75) is 76.4 Å². The standard InChI is InChI=1S/C25H38N8O4Si/c1-17(37-38(6,7)24(2,3)4)19(20-26-11-9-12-27-20)30-18(34)14-32-15-25(23(32)36)10-8-13-33(25)22(35)21-28-16-29-31(21)5/h9,11-12,16-17,19H,8,10,13-15H2,1-7H3,(H,30,34). The summed E-state index contributed by atoms with van der Waals surface area (Å²) in [7, 11) is -0.497. The summed E-state index contributed by atoms with van der Waals surface area (Å²) in [5, 5.41) is 6.96. The van der Waals surface area contributed by atoms with E-state index in [1.807, 2.05) is 6.92 Å². The second-order valence-corrected chi connectivity index (χ2v) is 16.5. The molecule has 3 unspecified atom stereocenters. The Balaban J connectivity index is 1.44. The first-order valence-electron chi connectivity index (χ1n) is 13.0. The zero-order valence-corrected chi connectivity index (χ0v) is 24.3. The van der Waals surface area contributed by atoms with E-state index in [0.29, 0.717) is 31.8 Å². The molecule has 2 aromatic heterocycles. The minimum atomic E-state index is -2.14.